The van der Waals surface area contributed by atoms with Crippen LogP contribution in [0.15, 0.2) is 69.9 Å². The number of nitrogens with zero attached hydrogens (tertiary/aromatic N) is 1. The number of rotatable bonds is 11. The van der Waals surface area contributed by atoms with Gasteiger partial charge in [0.2, 0.25) is 5.78 Å². The van der Waals surface area contributed by atoms with Crippen LogP contribution in [0, 0.1) is 6.92 Å². The van der Waals surface area contributed by atoms with E-state index >= 15 is 0 Å². The SMILES string of the molecule is COc1cccc2c1C(=O)c1c(cc3c(c1O)[C@H](O[C@@H]1CC(NC(=O)COc4ccc(Cn5c(=O)oc6ccc(C)cc65)cc4O)[C@@H](O)[C@@H](C)O1)C[C@@](O)(C(=O)CO)C3)C2=O. The third kappa shape index (κ3) is 7.44. The number of aromatic hydroxyl groups is 2. The smallest absolute Gasteiger partial charge is 0.420 e. The Morgan fingerprint density at radius 2 is 1.77 bits per heavy atom. The van der Waals surface area contributed by atoms with Gasteiger partial charge in [-0.2, -0.15) is 0 Å². The standard InChI is InChI=1S/C44H42N2O15/c1-20-7-9-29-27(11-20)46(43(55)61-29)17-22-8-10-30(28(48)12-22)58-19-34(50)45-26-14-35(59-21(2)39(26)51)60-32-16-44(56,33(49)18-47)15-23-13-25-38(41(53)36(23)32)42(54)37-24(40(25)52)5-4-6-31(37)57-3/h4-13,21,26,32,35,39,47-48,51,53,56H,14-19H2,1-3H3,(H,45,50)/t21-,26?,32-,35-,39+,44-/m1/s1. The number of phenols is 2. The summed E-state index contributed by atoms with van der Waals surface area (Å²) >= 11 is 0. The quantitative estimate of drug-likeness (QED) is 0.110. The molecule has 1 unspecified atom stereocenters. The van der Waals surface area contributed by atoms with Crippen molar-refractivity contribution in [3.05, 3.63) is 116 Å². The van der Waals surface area contributed by atoms with E-state index < -0.39 is 97.1 Å². The van der Waals surface area contributed by atoms with Gasteiger partial charge in [0.1, 0.15) is 29.8 Å². The lowest BCUT2D eigenvalue weighted by molar-refractivity contribution is -0.249. The number of hydrogen-bond donors (Lipinski definition) is 6. The summed E-state index contributed by atoms with van der Waals surface area (Å²) in [5, 5.41) is 57.6. The van der Waals surface area contributed by atoms with Crippen molar-refractivity contribution in [1.29, 1.82) is 0 Å². The fourth-order valence-corrected chi connectivity index (χ4v) is 8.46. The Balaban J connectivity index is 0.986. The van der Waals surface area contributed by atoms with Crippen LogP contribution in [0.25, 0.3) is 11.1 Å². The highest BCUT2D eigenvalue weighted by atomic mass is 16.7. The van der Waals surface area contributed by atoms with E-state index in [2.05, 4.69) is 5.32 Å². The summed E-state index contributed by atoms with van der Waals surface area (Å²) in [6, 6.07) is 14.6. The average Bonchev–Trinajstić information content (AvgIpc) is 3.53. The molecule has 1 aromatic heterocycles. The minimum absolute atomic E-state index is 0.0103. The summed E-state index contributed by atoms with van der Waals surface area (Å²) in [5.41, 5.74) is -0.0409. The third-order valence-electron chi connectivity index (χ3n) is 11.5. The van der Waals surface area contributed by atoms with Crippen molar-refractivity contribution in [2.75, 3.05) is 20.3 Å². The van der Waals surface area contributed by atoms with Gasteiger partial charge in [0.05, 0.1) is 48.5 Å². The van der Waals surface area contributed by atoms with Gasteiger partial charge in [-0.05, 0) is 66.9 Å². The number of ketones is 3. The molecule has 2 heterocycles. The van der Waals surface area contributed by atoms with Crippen LogP contribution in [-0.4, -0.2) is 104 Å². The topological polar surface area (TPSA) is 254 Å². The van der Waals surface area contributed by atoms with Gasteiger partial charge in [0.25, 0.3) is 5.91 Å². The number of Topliss-reactive ketones (excluding diaryl/α,β-unsaturated/α-hetero) is 1. The monoisotopic (exact) mass is 838 g/mol. The molecule has 6 N–H and O–H groups in total. The average molecular weight is 839 g/mol. The Labute approximate surface area is 346 Å². The zero-order chi connectivity index (χ0) is 43.5. The van der Waals surface area contributed by atoms with Gasteiger partial charge in [-0.25, -0.2) is 4.79 Å². The van der Waals surface area contributed by atoms with Crippen LogP contribution in [0.5, 0.6) is 23.0 Å². The maximum absolute atomic E-state index is 13.9. The number of phenolic OH excluding ortho intramolecular Hbond substituents is 2. The number of methoxy groups -OCH3 is 1. The molecule has 8 rings (SSSR count). The molecule has 61 heavy (non-hydrogen) atoms. The molecule has 0 bridgehead atoms. The van der Waals surface area contributed by atoms with Crippen molar-refractivity contribution < 1.29 is 68.1 Å². The first-order valence-electron chi connectivity index (χ1n) is 19.5. The highest BCUT2D eigenvalue weighted by Gasteiger charge is 2.48. The molecule has 318 valence electrons. The molecule has 5 aromatic rings. The van der Waals surface area contributed by atoms with Gasteiger partial charge < -0.3 is 54.2 Å². The molecule has 0 spiro atoms. The van der Waals surface area contributed by atoms with Crippen molar-refractivity contribution in [2.24, 2.45) is 0 Å². The number of aromatic nitrogens is 1. The second-order valence-electron chi connectivity index (χ2n) is 15.6. The van der Waals surface area contributed by atoms with Crippen molar-refractivity contribution in [3.63, 3.8) is 0 Å². The molecule has 2 aliphatic carbocycles. The number of carbonyl (C=O) groups is 4. The number of ether oxygens (including phenoxy) is 4. The first-order chi connectivity index (χ1) is 29.1. The Morgan fingerprint density at radius 3 is 2.51 bits per heavy atom. The van der Waals surface area contributed by atoms with E-state index in [0.717, 1.165) is 5.56 Å². The second-order valence-corrected chi connectivity index (χ2v) is 15.6. The summed E-state index contributed by atoms with van der Waals surface area (Å²) < 4.78 is 29.9. The number of fused-ring (bicyclic) bond motifs is 4. The summed E-state index contributed by atoms with van der Waals surface area (Å²) in [5.74, 6) is -4.27. The van der Waals surface area contributed by atoms with Crippen molar-refractivity contribution in [2.45, 2.75) is 75.9 Å². The molecule has 1 saturated heterocycles. The van der Waals surface area contributed by atoms with Gasteiger partial charge in [-0.15, -0.1) is 0 Å². The van der Waals surface area contributed by atoms with E-state index in [4.69, 9.17) is 23.4 Å². The van der Waals surface area contributed by atoms with Crippen molar-refractivity contribution >= 4 is 34.4 Å². The lowest BCUT2D eigenvalue weighted by atomic mass is 9.72. The molecular weight excluding hydrogens is 796 g/mol. The zero-order valence-corrected chi connectivity index (χ0v) is 33.2. The Morgan fingerprint density at radius 1 is 0.984 bits per heavy atom. The fourth-order valence-electron chi connectivity index (χ4n) is 8.46. The number of benzene rings is 4. The molecule has 1 amide bonds. The van der Waals surface area contributed by atoms with E-state index in [0.29, 0.717) is 16.7 Å². The number of aliphatic hydroxyl groups is 3. The van der Waals surface area contributed by atoms with E-state index in [1.54, 1.807) is 18.2 Å². The molecule has 17 heteroatoms. The largest absolute Gasteiger partial charge is 0.507 e. The number of nitrogens with one attached hydrogen (secondary N) is 1. The lowest BCUT2D eigenvalue weighted by Crippen LogP contribution is -2.56. The minimum Gasteiger partial charge on any atom is -0.507 e. The third-order valence-corrected chi connectivity index (χ3v) is 11.5. The van der Waals surface area contributed by atoms with E-state index in [-0.39, 0.29) is 63.6 Å². The van der Waals surface area contributed by atoms with Crippen LogP contribution in [0.2, 0.25) is 0 Å². The number of hydrogen-bond acceptors (Lipinski definition) is 15. The van der Waals surface area contributed by atoms with E-state index in [1.165, 1.54) is 48.9 Å². The van der Waals surface area contributed by atoms with Crippen LogP contribution in [0.1, 0.15) is 80.0 Å². The minimum atomic E-state index is -2.21. The van der Waals surface area contributed by atoms with Crippen LogP contribution in [0.3, 0.4) is 0 Å². The Kier molecular flexibility index (Phi) is 10.8. The number of amides is 1. The number of aryl methyl sites for hydroxylation is 1. The second kappa shape index (κ2) is 15.9. The molecule has 17 nitrogen and oxygen atoms in total. The zero-order valence-electron chi connectivity index (χ0n) is 33.2. The molecule has 3 aliphatic rings. The maximum atomic E-state index is 13.9. The number of aliphatic hydroxyl groups excluding tert-OH is 2. The molecule has 6 atom stereocenters. The highest BCUT2D eigenvalue weighted by Crippen LogP contribution is 2.49. The van der Waals surface area contributed by atoms with Crippen LogP contribution in [-0.2, 0) is 32.0 Å². The maximum Gasteiger partial charge on any atom is 0.420 e. The van der Waals surface area contributed by atoms with Gasteiger partial charge in [0.15, 0.2) is 41.5 Å². The number of carbonyl (C=O) groups excluding carboxylic acids is 4. The summed E-state index contributed by atoms with van der Waals surface area (Å²) in [6.07, 6.45) is -5.86. The van der Waals surface area contributed by atoms with Crippen LogP contribution in [0.4, 0.5) is 0 Å². The Hall–Kier alpha value is -6.37. The lowest BCUT2D eigenvalue weighted by Gasteiger charge is -2.42. The summed E-state index contributed by atoms with van der Waals surface area (Å²) in [6.45, 7) is 1.91. The molecule has 0 radical (unpaired) electrons. The predicted octanol–water partition coefficient (Wildman–Crippen LogP) is 2.50. The molecule has 4 aromatic carbocycles. The van der Waals surface area contributed by atoms with Gasteiger partial charge >= 0.3 is 5.76 Å². The normalized spacial score (nSPS) is 23.2. The van der Waals surface area contributed by atoms with E-state index in [1.807, 2.05) is 19.1 Å². The van der Waals surface area contributed by atoms with E-state index in [9.17, 15) is 49.5 Å². The van der Waals surface area contributed by atoms with Gasteiger partial charge in [-0.1, -0.05) is 24.3 Å². The number of oxazole rings is 1. The predicted molar refractivity (Wildman–Crippen MR) is 212 cm³/mol. The van der Waals surface area contributed by atoms with Crippen LogP contribution < -0.4 is 20.5 Å². The molecule has 1 aliphatic heterocycles. The first-order valence-corrected chi connectivity index (χ1v) is 19.5. The van der Waals surface area contributed by atoms with Crippen molar-refractivity contribution in [3.8, 4) is 23.0 Å². The van der Waals surface area contributed by atoms with Crippen molar-refractivity contribution in [1.82, 2.24) is 9.88 Å². The summed E-state index contributed by atoms with van der Waals surface area (Å²) in [7, 11) is 1.34. The first kappa shape index (κ1) is 41.4. The molecular formula is C44H42N2O15. The molecule has 0 saturated carbocycles. The fraction of sp³-hybridized carbons (Fsp3) is 0.341. The van der Waals surface area contributed by atoms with Gasteiger partial charge in [-0.3, -0.25) is 23.7 Å². The van der Waals surface area contributed by atoms with Crippen LogP contribution >= 0.6 is 0 Å². The molecule has 1 fully saturated rings. The highest BCUT2D eigenvalue weighted by molar-refractivity contribution is 6.30. The Bertz CT molecular complexity index is 2680. The summed E-state index contributed by atoms with van der Waals surface area (Å²) in [4.78, 5) is 66.3. The van der Waals surface area contributed by atoms with Gasteiger partial charge in [0, 0.05) is 36.0 Å².